The highest BCUT2D eigenvalue weighted by Crippen LogP contribution is 2.24. The zero-order valence-electron chi connectivity index (χ0n) is 14.0. The zero-order valence-corrected chi connectivity index (χ0v) is 14.8. The summed E-state index contributed by atoms with van der Waals surface area (Å²) < 4.78 is 5.62. The van der Waals surface area contributed by atoms with Gasteiger partial charge in [0.15, 0.2) is 0 Å². The van der Waals surface area contributed by atoms with E-state index in [4.69, 9.17) is 10.00 Å². The maximum Gasteiger partial charge on any atom is 0.337 e. The number of carbonyl (C=O) groups is 2. The first-order chi connectivity index (χ1) is 13.1. The Balaban J connectivity index is 1.76. The highest BCUT2D eigenvalue weighted by Gasteiger charge is 2.15. The number of nitrogens with zero attached hydrogens (tertiary/aromatic N) is 1. The lowest BCUT2D eigenvalue weighted by molar-refractivity contribution is 0.0697. The number of nitrogens with one attached hydrogen (secondary N) is 1. The number of carboxylic acid groups (broad SMARTS) is 1. The Kier molecular flexibility index (Phi) is 5.50. The second kappa shape index (κ2) is 8.17. The lowest BCUT2D eigenvalue weighted by Gasteiger charge is -2.11. The summed E-state index contributed by atoms with van der Waals surface area (Å²) in [6.45, 7) is 0.341. The van der Waals surface area contributed by atoms with Crippen molar-refractivity contribution >= 4 is 28.9 Å². The number of carbonyl (C=O) groups excluding carboxylic acids is 1. The number of nitriles is 1. The molecular formula is C20H14N2O4S. The van der Waals surface area contributed by atoms with Crippen LogP contribution in [0.2, 0.25) is 0 Å². The van der Waals surface area contributed by atoms with Crippen LogP contribution in [0.1, 0.15) is 31.2 Å². The van der Waals surface area contributed by atoms with Gasteiger partial charge in [0.25, 0.3) is 5.91 Å². The molecule has 0 atom stereocenters. The van der Waals surface area contributed by atoms with Gasteiger partial charge in [-0.25, -0.2) is 4.79 Å². The van der Waals surface area contributed by atoms with Crippen molar-refractivity contribution in [2.45, 2.75) is 6.61 Å². The molecule has 7 heteroatoms. The maximum atomic E-state index is 12.3. The molecule has 3 rings (SSSR count). The number of amides is 1. The lowest BCUT2D eigenvalue weighted by atomic mass is 10.1. The van der Waals surface area contributed by atoms with Crippen molar-refractivity contribution in [1.29, 1.82) is 5.26 Å². The number of thiophene rings is 1. The minimum atomic E-state index is -1.17. The van der Waals surface area contributed by atoms with Crippen LogP contribution < -0.4 is 10.1 Å². The fourth-order valence-corrected chi connectivity index (χ4v) is 2.95. The van der Waals surface area contributed by atoms with E-state index in [0.717, 1.165) is 4.88 Å². The van der Waals surface area contributed by atoms with Gasteiger partial charge in [-0.2, -0.15) is 5.26 Å². The third-order valence-electron chi connectivity index (χ3n) is 3.71. The van der Waals surface area contributed by atoms with Gasteiger partial charge < -0.3 is 15.2 Å². The number of anilines is 1. The molecule has 0 saturated heterocycles. The van der Waals surface area contributed by atoms with E-state index in [1.165, 1.54) is 36.4 Å². The monoisotopic (exact) mass is 378 g/mol. The van der Waals surface area contributed by atoms with E-state index in [1.807, 2.05) is 23.6 Å². The molecule has 2 N–H and O–H groups in total. The molecule has 1 amide bonds. The van der Waals surface area contributed by atoms with Crippen LogP contribution in [0.3, 0.4) is 0 Å². The summed E-state index contributed by atoms with van der Waals surface area (Å²) >= 11 is 1.55. The van der Waals surface area contributed by atoms with Crippen LogP contribution in [0.4, 0.5) is 5.69 Å². The number of aromatic carboxylic acids is 1. The molecule has 1 aromatic heterocycles. The highest BCUT2D eigenvalue weighted by molar-refractivity contribution is 7.09. The van der Waals surface area contributed by atoms with Gasteiger partial charge in [0.05, 0.1) is 22.9 Å². The van der Waals surface area contributed by atoms with Gasteiger partial charge in [-0.15, -0.1) is 11.3 Å². The minimum Gasteiger partial charge on any atom is -0.488 e. The first kappa shape index (κ1) is 18.2. The van der Waals surface area contributed by atoms with E-state index in [0.29, 0.717) is 23.5 Å². The average Bonchev–Trinajstić information content (AvgIpc) is 3.20. The third kappa shape index (κ3) is 4.51. The summed E-state index contributed by atoms with van der Waals surface area (Å²) in [5, 5.41) is 22.8. The molecule has 6 nitrogen and oxygen atoms in total. The quantitative estimate of drug-likeness (QED) is 0.671. The number of ether oxygens (including phenoxy) is 1. The van der Waals surface area contributed by atoms with Crippen molar-refractivity contribution in [3.8, 4) is 11.8 Å². The zero-order chi connectivity index (χ0) is 19.2. The number of hydrogen-bond acceptors (Lipinski definition) is 5. The molecule has 0 radical (unpaired) electrons. The molecule has 0 spiro atoms. The Hall–Kier alpha value is -3.63. The largest absolute Gasteiger partial charge is 0.488 e. The number of rotatable bonds is 6. The topological polar surface area (TPSA) is 99.4 Å². The van der Waals surface area contributed by atoms with Gasteiger partial charge in [0, 0.05) is 10.4 Å². The second-order valence-electron chi connectivity index (χ2n) is 5.52. The van der Waals surface area contributed by atoms with Crippen LogP contribution in [0.25, 0.3) is 0 Å². The molecule has 1 heterocycles. The van der Waals surface area contributed by atoms with Gasteiger partial charge in [0.1, 0.15) is 12.4 Å². The molecule has 0 fully saturated rings. The van der Waals surface area contributed by atoms with Crippen molar-refractivity contribution < 1.29 is 19.4 Å². The number of hydrogen-bond donors (Lipinski definition) is 2. The van der Waals surface area contributed by atoms with E-state index in [2.05, 4.69) is 5.32 Å². The van der Waals surface area contributed by atoms with Crippen molar-refractivity contribution in [2.24, 2.45) is 0 Å². The Morgan fingerprint density at radius 2 is 1.93 bits per heavy atom. The van der Waals surface area contributed by atoms with E-state index in [1.54, 1.807) is 17.4 Å². The molecule has 0 aliphatic rings. The first-order valence-corrected chi connectivity index (χ1v) is 8.79. The van der Waals surface area contributed by atoms with Crippen LogP contribution >= 0.6 is 11.3 Å². The fourth-order valence-electron chi connectivity index (χ4n) is 2.34. The summed E-state index contributed by atoms with van der Waals surface area (Å²) in [5.74, 6) is -1.24. The minimum absolute atomic E-state index is 0.0688. The fraction of sp³-hybridized carbons (Fsp3) is 0.0500. The summed E-state index contributed by atoms with van der Waals surface area (Å²) in [6.07, 6.45) is 0. The van der Waals surface area contributed by atoms with Gasteiger partial charge in [-0.3, -0.25) is 4.79 Å². The predicted octanol–water partition coefficient (Wildman–Crippen LogP) is 4.15. The van der Waals surface area contributed by atoms with Crippen LogP contribution in [-0.4, -0.2) is 17.0 Å². The predicted molar refractivity (Wildman–Crippen MR) is 101 cm³/mol. The Morgan fingerprint density at radius 3 is 2.56 bits per heavy atom. The van der Waals surface area contributed by atoms with E-state index >= 15 is 0 Å². The van der Waals surface area contributed by atoms with E-state index in [9.17, 15) is 14.7 Å². The Morgan fingerprint density at radius 1 is 1.15 bits per heavy atom. The maximum absolute atomic E-state index is 12.3. The summed E-state index contributed by atoms with van der Waals surface area (Å²) in [5.41, 5.74) is 0.856. The lowest BCUT2D eigenvalue weighted by Crippen LogP contribution is -2.15. The molecule has 2 aromatic carbocycles. The van der Waals surface area contributed by atoms with Crippen LogP contribution in [0.15, 0.2) is 60.0 Å². The van der Waals surface area contributed by atoms with E-state index in [-0.39, 0.29) is 11.3 Å². The molecule has 0 aliphatic carbocycles. The molecule has 0 aliphatic heterocycles. The van der Waals surface area contributed by atoms with Crippen molar-refractivity contribution in [3.63, 3.8) is 0 Å². The first-order valence-electron chi connectivity index (χ1n) is 7.91. The van der Waals surface area contributed by atoms with Gasteiger partial charge >= 0.3 is 5.97 Å². The number of carboxylic acids is 1. The Bertz CT molecular complexity index is 1010. The highest BCUT2D eigenvalue weighted by atomic mass is 32.1. The standard InChI is InChI=1S/C20H14N2O4S/c21-11-13-3-5-14(6-4-13)19(23)22-18-8-7-15(10-17(18)20(24)25)26-12-16-2-1-9-27-16/h1-10H,12H2,(H,22,23)(H,24,25). The SMILES string of the molecule is N#Cc1ccc(C(=O)Nc2ccc(OCc3cccs3)cc2C(=O)O)cc1. The van der Waals surface area contributed by atoms with Crippen molar-refractivity contribution in [2.75, 3.05) is 5.32 Å². The third-order valence-corrected chi connectivity index (χ3v) is 4.56. The van der Waals surface area contributed by atoms with Crippen LogP contribution in [0.5, 0.6) is 5.75 Å². The molecule has 0 unspecified atom stereocenters. The summed E-state index contributed by atoms with van der Waals surface area (Å²) in [6, 6.07) is 16.3. The van der Waals surface area contributed by atoms with Gasteiger partial charge in [-0.05, 0) is 53.9 Å². The molecular weight excluding hydrogens is 364 g/mol. The van der Waals surface area contributed by atoms with Crippen LogP contribution in [-0.2, 0) is 6.61 Å². The second-order valence-corrected chi connectivity index (χ2v) is 6.56. The van der Waals surface area contributed by atoms with Gasteiger partial charge in [-0.1, -0.05) is 6.07 Å². The summed E-state index contributed by atoms with van der Waals surface area (Å²) in [7, 11) is 0. The Labute approximate surface area is 159 Å². The molecule has 0 saturated carbocycles. The van der Waals surface area contributed by atoms with E-state index < -0.39 is 11.9 Å². The molecule has 27 heavy (non-hydrogen) atoms. The van der Waals surface area contributed by atoms with Crippen molar-refractivity contribution in [1.82, 2.24) is 0 Å². The smallest absolute Gasteiger partial charge is 0.337 e. The molecule has 0 bridgehead atoms. The molecule has 134 valence electrons. The average molecular weight is 378 g/mol. The van der Waals surface area contributed by atoms with Gasteiger partial charge in [0.2, 0.25) is 0 Å². The summed E-state index contributed by atoms with van der Waals surface area (Å²) in [4.78, 5) is 24.9. The molecule has 3 aromatic rings. The normalized spacial score (nSPS) is 10.0. The number of benzene rings is 2. The van der Waals surface area contributed by atoms with Crippen molar-refractivity contribution in [3.05, 3.63) is 81.5 Å². The van der Waals surface area contributed by atoms with Crippen LogP contribution in [0, 0.1) is 11.3 Å².